The SMILES string of the molecule is Cc1noc(C)c1CNc1cncc(Br)c1. The van der Waals surface area contributed by atoms with Crippen LogP contribution in [-0.2, 0) is 6.54 Å². The Balaban J connectivity index is 2.08. The van der Waals surface area contributed by atoms with Gasteiger partial charge in [0, 0.05) is 22.8 Å². The van der Waals surface area contributed by atoms with E-state index in [1.165, 1.54) is 0 Å². The highest BCUT2D eigenvalue weighted by atomic mass is 79.9. The largest absolute Gasteiger partial charge is 0.379 e. The molecule has 16 heavy (non-hydrogen) atoms. The highest BCUT2D eigenvalue weighted by Gasteiger charge is 2.08. The number of aryl methyl sites for hydroxylation is 2. The van der Waals surface area contributed by atoms with Gasteiger partial charge < -0.3 is 9.84 Å². The van der Waals surface area contributed by atoms with Crippen LogP contribution in [0.15, 0.2) is 27.5 Å². The Kier molecular flexibility index (Phi) is 3.24. The maximum atomic E-state index is 5.09. The fraction of sp³-hybridized carbons (Fsp3) is 0.273. The van der Waals surface area contributed by atoms with Gasteiger partial charge in [0.1, 0.15) is 5.76 Å². The Morgan fingerprint density at radius 1 is 1.38 bits per heavy atom. The van der Waals surface area contributed by atoms with E-state index in [1.54, 1.807) is 12.4 Å². The zero-order valence-corrected chi connectivity index (χ0v) is 10.7. The van der Waals surface area contributed by atoms with Gasteiger partial charge in [-0.05, 0) is 35.8 Å². The molecule has 0 atom stereocenters. The first-order valence-electron chi connectivity index (χ1n) is 4.93. The van der Waals surface area contributed by atoms with E-state index in [-0.39, 0.29) is 0 Å². The van der Waals surface area contributed by atoms with E-state index in [4.69, 9.17) is 4.52 Å². The van der Waals surface area contributed by atoms with Crippen molar-refractivity contribution in [3.8, 4) is 0 Å². The fourth-order valence-electron chi connectivity index (χ4n) is 1.45. The van der Waals surface area contributed by atoms with Crippen LogP contribution in [0, 0.1) is 13.8 Å². The van der Waals surface area contributed by atoms with Crippen molar-refractivity contribution in [1.29, 1.82) is 0 Å². The molecule has 1 N–H and O–H groups in total. The molecule has 0 saturated carbocycles. The molecular formula is C11H12BrN3O. The van der Waals surface area contributed by atoms with Gasteiger partial charge in [-0.1, -0.05) is 5.16 Å². The summed E-state index contributed by atoms with van der Waals surface area (Å²) in [6.07, 6.45) is 3.53. The lowest BCUT2D eigenvalue weighted by atomic mass is 10.2. The summed E-state index contributed by atoms with van der Waals surface area (Å²) in [5, 5.41) is 7.18. The third-order valence-corrected chi connectivity index (χ3v) is 2.79. The number of nitrogens with zero attached hydrogens (tertiary/aromatic N) is 2. The number of halogens is 1. The van der Waals surface area contributed by atoms with Crippen LogP contribution in [0.2, 0.25) is 0 Å². The summed E-state index contributed by atoms with van der Waals surface area (Å²) in [7, 11) is 0. The molecule has 0 amide bonds. The van der Waals surface area contributed by atoms with Crippen LogP contribution in [0.4, 0.5) is 5.69 Å². The molecule has 0 bridgehead atoms. The molecule has 0 saturated heterocycles. The van der Waals surface area contributed by atoms with Gasteiger partial charge in [-0.15, -0.1) is 0 Å². The van der Waals surface area contributed by atoms with E-state index in [9.17, 15) is 0 Å². The Morgan fingerprint density at radius 2 is 2.19 bits per heavy atom. The van der Waals surface area contributed by atoms with Gasteiger partial charge in [-0.25, -0.2) is 0 Å². The first-order chi connectivity index (χ1) is 7.66. The second kappa shape index (κ2) is 4.65. The molecule has 4 nitrogen and oxygen atoms in total. The third-order valence-electron chi connectivity index (χ3n) is 2.36. The van der Waals surface area contributed by atoms with Crippen LogP contribution in [-0.4, -0.2) is 10.1 Å². The fourth-order valence-corrected chi connectivity index (χ4v) is 1.82. The van der Waals surface area contributed by atoms with Gasteiger partial charge in [-0.3, -0.25) is 4.98 Å². The second-order valence-electron chi connectivity index (χ2n) is 3.55. The summed E-state index contributed by atoms with van der Waals surface area (Å²) < 4.78 is 6.05. The number of hydrogen-bond acceptors (Lipinski definition) is 4. The first-order valence-corrected chi connectivity index (χ1v) is 5.72. The summed E-state index contributed by atoms with van der Waals surface area (Å²) >= 11 is 3.38. The molecule has 0 unspecified atom stereocenters. The Hall–Kier alpha value is -1.36. The lowest BCUT2D eigenvalue weighted by Gasteiger charge is -2.05. The summed E-state index contributed by atoms with van der Waals surface area (Å²) in [6.45, 7) is 4.54. The van der Waals surface area contributed by atoms with Crippen LogP contribution in [0.5, 0.6) is 0 Å². The van der Waals surface area contributed by atoms with E-state index in [1.807, 2.05) is 19.9 Å². The van der Waals surface area contributed by atoms with E-state index in [2.05, 4.69) is 31.4 Å². The van der Waals surface area contributed by atoms with Gasteiger partial charge in [-0.2, -0.15) is 0 Å². The number of anilines is 1. The minimum Gasteiger partial charge on any atom is -0.379 e. The molecular weight excluding hydrogens is 270 g/mol. The van der Waals surface area contributed by atoms with Crippen molar-refractivity contribution in [1.82, 2.24) is 10.1 Å². The van der Waals surface area contributed by atoms with Gasteiger partial charge in [0.25, 0.3) is 0 Å². The predicted molar refractivity (Wildman–Crippen MR) is 65.2 cm³/mol. The molecule has 0 aliphatic heterocycles. The summed E-state index contributed by atoms with van der Waals surface area (Å²) in [5.74, 6) is 0.855. The monoisotopic (exact) mass is 281 g/mol. The van der Waals surface area contributed by atoms with Crippen molar-refractivity contribution in [2.45, 2.75) is 20.4 Å². The smallest absolute Gasteiger partial charge is 0.138 e. The van der Waals surface area contributed by atoms with E-state index < -0.39 is 0 Å². The average molecular weight is 282 g/mol. The van der Waals surface area contributed by atoms with E-state index in [0.717, 1.165) is 27.2 Å². The lowest BCUT2D eigenvalue weighted by Crippen LogP contribution is -2.01. The van der Waals surface area contributed by atoms with Gasteiger partial charge >= 0.3 is 0 Å². The van der Waals surface area contributed by atoms with Gasteiger partial charge in [0.05, 0.1) is 17.6 Å². The molecule has 2 heterocycles. The van der Waals surface area contributed by atoms with Crippen LogP contribution in [0.25, 0.3) is 0 Å². The van der Waals surface area contributed by atoms with E-state index in [0.29, 0.717) is 6.54 Å². The summed E-state index contributed by atoms with van der Waals surface area (Å²) in [4.78, 5) is 4.08. The quantitative estimate of drug-likeness (QED) is 0.940. The van der Waals surface area contributed by atoms with Crippen molar-refractivity contribution in [2.75, 3.05) is 5.32 Å². The van der Waals surface area contributed by atoms with Crippen LogP contribution >= 0.6 is 15.9 Å². The number of aromatic nitrogens is 2. The minimum absolute atomic E-state index is 0.694. The van der Waals surface area contributed by atoms with Gasteiger partial charge in [0.15, 0.2) is 0 Å². The molecule has 0 spiro atoms. The molecule has 0 aromatic carbocycles. The van der Waals surface area contributed by atoms with Crippen LogP contribution in [0.3, 0.4) is 0 Å². The number of pyridine rings is 1. The van der Waals surface area contributed by atoms with Crippen molar-refractivity contribution >= 4 is 21.6 Å². The number of rotatable bonds is 3. The Morgan fingerprint density at radius 3 is 2.81 bits per heavy atom. The van der Waals surface area contributed by atoms with E-state index >= 15 is 0 Å². The molecule has 2 aromatic rings. The second-order valence-corrected chi connectivity index (χ2v) is 4.46. The van der Waals surface area contributed by atoms with Crippen LogP contribution < -0.4 is 5.32 Å². The number of hydrogen-bond donors (Lipinski definition) is 1. The number of nitrogens with one attached hydrogen (secondary N) is 1. The van der Waals surface area contributed by atoms with Crippen molar-refractivity contribution < 1.29 is 4.52 Å². The molecule has 2 aromatic heterocycles. The average Bonchev–Trinajstić information content (AvgIpc) is 2.56. The highest BCUT2D eigenvalue weighted by Crippen LogP contribution is 2.17. The summed E-state index contributed by atoms with van der Waals surface area (Å²) in [5.41, 5.74) is 2.99. The van der Waals surface area contributed by atoms with Crippen LogP contribution in [0.1, 0.15) is 17.0 Å². The molecule has 0 fully saturated rings. The zero-order chi connectivity index (χ0) is 11.5. The molecule has 5 heteroatoms. The Labute approximate surface area is 102 Å². The molecule has 2 rings (SSSR count). The highest BCUT2D eigenvalue weighted by molar-refractivity contribution is 9.10. The topological polar surface area (TPSA) is 51.0 Å². The predicted octanol–water partition coefficient (Wildman–Crippen LogP) is 3.06. The van der Waals surface area contributed by atoms with Crippen molar-refractivity contribution in [3.63, 3.8) is 0 Å². The molecule has 0 aliphatic carbocycles. The minimum atomic E-state index is 0.694. The molecule has 84 valence electrons. The molecule has 0 aliphatic rings. The first kappa shape index (κ1) is 11.1. The van der Waals surface area contributed by atoms with Gasteiger partial charge in [0.2, 0.25) is 0 Å². The summed E-state index contributed by atoms with van der Waals surface area (Å²) in [6, 6.07) is 1.98. The third kappa shape index (κ3) is 2.41. The zero-order valence-electron chi connectivity index (χ0n) is 9.12. The van der Waals surface area contributed by atoms with Crippen molar-refractivity contribution in [2.24, 2.45) is 0 Å². The van der Waals surface area contributed by atoms with Crippen molar-refractivity contribution in [3.05, 3.63) is 40.0 Å². The molecule has 0 radical (unpaired) electrons. The standard InChI is InChI=1S/C11H12BrN3O/c1-7-11(8(2)16-15-7)6-14-10-3-9(12)4-13-5-10/h3-5,14H,6H2,1-2H3. The maximum absolute atomic E-state index is 5.09. The normalized spacial score (nSPS) is 10.4. The lowest BCUT2D eigenvalue weighted by molar-refractivity contribution is 0.392. The Bertz CT molecular complexity index is 476. The maximum Gasteiger partial charge on any atom is 0.138 e.